The van der Waals surface area contributed by atoms with Gasteiger partial charge in [0, 0.05) is 26.3 Å². The summed E-state index contributed by atoms with van der Waals surface area (Å²) in [6.07, 6.45) is 0. The molecule has 2 aromatic rings. The van der Waals surface area contributed by atoms with Crippen molar-refractivity contribution in [1.82, 2.24) is 10.2 Å². The number of anilines is 1. The van der Waals surface area contributed by atoms with E-state index in [4.69, 9.17) is 4.74 Å². The van der Waals surface area contributed by atoms with Crippen LogP contribution in [0.25, 0.3) is 0 Å². The summed E-state index contributed by atoms with van der Waals surface area (Å²) in [6.45, 7) is 5.64. The minimum Gasteiger partial charge on any atom is -0.375 e. The number of carbonyl (C=O) groups excluding carboxylic acids is 1. The van der Waals surface area contributed by atoms with Gasteiger partial charge in [-0.15, -0.1) is 12.4 Å². The number of likely N-dealkylation sites (N-methyl/N-ethyl adjacent to an activating group) is 1. The number of nitrogens with one attached hydrogen (secondary N) is 2. The Kier molecular flexibility index (Phi) is 10.1. The largest absolute Gasteiger partial charge is 0.375 e. The molecule has 2 N–H and O–H groups in total. The zero-order valence-electron chi connectivity index (χ0n) is 16.9. The van der Waals surface area contributed by atoms with Gasteiger partial charge in [0.2, 0.25) is 5.96 Å². The Morgan fingerprint density at radius 2 is 1.71 bits per heavy atom. The molecule has 0 aliphatic carbocycles. The lowest BCUT2D eigenvalue weighted by molar-refractivity contribution is 0.111. The molecule has 0 fully saturated rings. The third kappa shape index (κ3) is 7.21. The highest BCUT2D eigenvalue weighted by molar-refractivity contribution is 6.02. The molecule has 0 bridgehead atoms. The standard InChI is InChI=1S/C21H28N4O2.ClH/c1-16-9-8-10-17(2)19(16)23-21(26)24-20(22-3)25(4)13-14-27-15-18-11-6-5-7-12-18;/h5-12H,13-15H2,1-4H3,(H2,22,23,24,26);1H. The third-order valence-corrected chi connectivity index (χ3v) is 4.20. The first kappa shape index (κ1) is 23.5. The van der Waals surface area contributed by atoms with Crippen molar-refractivity contribution < 1.29 is 9.53 Å². The van der Waals surface area contributed by atoms with E-state index in [1.165, 1.54) is 0 Å². The second-order valence-electron chi connectivity index (χ2n) is 6.35. The maximum atomic E-state index is 12.3. The number of urea groups is 1. The second-order valence-corrected chi connectivity index (χ2v) is 6.35. The second kappa shape index (κ2) is 12.0. The molecule has 0 saturated heterocycles. The summed E-state index contributed by atoms with van der Waals surface area (Å²) in [4.78, 5) is 18.4. The number of guanidine groups is 1. The van der Waals surface area contributed by atoms with Crippen molar-refractivity contribution in [1.29, 1.82) is 0 Å². The number of nitrogens with zero attached hydrogens (tertiary/aromatic N) is 2. The summed E-state index contributed by atoms with van der Waals surface area (Å²) in [5, 5.41) is 5.70. The Bertz CT molecular complexity index is 761. The van der Waals surface area contributed by atoms with Crippen molar-refractivity contribution >= 4 is 30.1 Å². The molecule has 0 atom stereocenters. The maximum absolute atomic E-state index is 12.3. The fourth-order valence-corrected chi connectivity index (χ4v) is 2.65. The number of aryl methyl sites for hydroxylation is 2. The van der Waals surface area contributed by atoms with E-state index >= 15 is 0 Å². The van der Waals surface area contributed by atoms with Crippen LogP contribution in [0.1, 0.15) is 16.7 Å². The zero-order valence-corrected chi connectivity index (χ0v) is 17.7. The van der Waals surface area contributed by atoms with Gasteiger partial charge < -0.3 is 15.0 Å². The number of benzene rings is 2. The third-order valence-electron chi connectivity index (χ3n) is 4.20. The zero-order chi connectivity index (χ0) is 19.6. The Hall–Kier alpha value is -2.57. The van der Waals surface area contributed by atoms with E-state index in [0.29, 0.717) is 25.7 Å². The van der Waals surface area contributed by atoms with Crippen LogP contribution in [-0.4, -0.2) is 44.1 Å². The van der Waals surface area contributed by atoms with Crippen LogP contribution in [-0.2, 0) is 11.3 Å². The molecule has 6 nitrogen and oxygen atoms in total. The molecular weight excluding hydrogens is 376 g/mol. The lowest BCUT2D eigenvalue weighted by Crippen LogP contribution is -2.45. The van der Waals surface area contributed by atoms with Crippen LogP contribution in [0.3, 0.4) is 0 Å². The smallest absolute Gasteiger partial charge is 0.326 e. The van der Waals surface area contributed by atoms with Gasteiger partial charge in [-0.05, 0) is 30.5 Å². The normalized spacial score (nSPS) is 10.8. The van der Waals surface area contributed by atoms with Gasteiger partial charge in [-0.3, -0.25) is 10.3 Å². The molecule has 2 amide bonds. The highest BCUT2D eigenvalue weighted by atomic mass is 35.5. The van der Waals surface area contributed by atoms with Crippen LogP contribution in [0.15, 0.2) is 53.5 Å². The molecule has 2 rings (SSSR count). The number of ether oxygens (including phenoxy) is 1. The average molecular weight is 405 g/mol. The number of hydrogen-bond acceptors (Lipinski definition) is 3. The molecule has 0 radical (unpaired) electrons. The van der Waals surface area contributed by atoms with Crippen LogP contribution >= 0.6 is 12.4 Å². The summed E-state index contributed by atoms with van der Waals surface area (Å²) in [6, 6.07) is 15.6. The van der Waals surface area contributed by atoms with Crippen LogP contribution in [0.4, 0.5) is 10.5 Å². The van der Waals surface area contributed by atoms with Crippen LogP contribution < -0.4 is 10.6 Å². The van der Waals surface area contributed by atoms with Crippen LogP contribution in [0.2, 0.25) is 0 Å². The van der Waals surface area contributed by atoms with E-state index in [9.17, 15) is 4.79 Å². The van der Waals surface area contributed by atoms with Crippen molar-refractivity contribution in [3.8, 4) is 0 Å². The first-order valence-electron chi connectivity index (χ1n) is 8.95. The Morgan fingerprint density at radius 1 is 1.07 bits per heavy atom. The summed E-state index contributed by atoms with van der Waals surface area (Å²) in [7, 11) is 3.52. The molecule has 152 valence electrons. The molecule has 0 aliphatic heterocycles. The molecule has 0 spiro atoms. The molecule has 0 unspecified atom stereocenters. The lowest BCUT2D eigenvalue weighted by Gasteiger charge is -2.22. The number of amides is 2. The van der Waals surface area contributed by atoms with Gasteiger partial charge in [0.15, 0.2) is 0 Å². The fourth-order valence-electron chi connectivity index (χ4n) is 2.65. The van der Waals surface area contributed by atoms with E-state index in [-0.39, 0.29) is 18.4 Å². The Morgan fingerprint density at radius 3 is 2.32 bits per heavy atom. The Labute approximate surface area is 173 Å². The number of aliphatic imine (C=N–C) groups is 1. The molecule has 7 heteroatoms. The quantitative estimate of drug-likeness (QED) is 0.434. The van der Waals surface area contributed by atoms with Gasteiger partial charge in [0.05, 0.1) is 13.2 Å². The summed E-state index contributed by atoms with van der Waals surface area (Å²) < 4.78 is 5.69. The number of rotatable bonds is 6. The van der Waals surface area contributed by atoms with E-state index < -0.39 is 0 Å². The van der Waals surface area contributed by atoms with Crippen molar-refractivity contribution in [2.24, 2.45) is 4.99 Å². The van der Waals surface area contributed by atoms with Crippen LogP contribution in [0, 0.1) is 13.8 Å². The minimum absolute atomic E-state index is 0. The molecule has 2 aromatic carbocycles. The first-order chi connectivity index (χ1) is 13.0. The number of carbonyl (C=O) groups is 1. The molecule has 0 aromatic heterocycles. The molecule has 0 heterocycles. The topological polar surface area (TPSA) is 66.0 Å². The highest BCUT2D eigenvalue weighted by Crippen LogP contribution is 2.19. The summed E-state index contributed by atoms with van der Waals surface area (Å²) in [5.41, 5.74) is 3.99. The monoisotopic (exact) mass is 404 g/mol. The van der Waals surface area contributed by atoms with Gasteiger partial charge in [-0.1, -0.05) is 48.5 Å². The molecule has 28 heavy (non-hydrogen) atoms. The van der Waals surface area contributed by atoms with Crippen molar-refractivity contribution in [3.63, 3.8) is 0 Å². The number of para-hydroxylation sites is 1. The van der Waals surface area contributed by atoms with E-state index in [1.54, 1.807) is 7.05 Å². The average Bonchev–Trinajstić information content (AvgIpc) is 2.67. The van der Waals surface area contributed by atoms with E-state index in [1.807, 2.05) is 74.3 Å². The van der Waals surface area contributed by atoms with Gasteiger partial charge in [-0.2, -0.15) is 0 Å². The van der Waals surface area contributed by atoms with Gasteiger partial charge in [0.1, 0.15) is 0 Å². The lowest BCUT2D eigenvalue weighted by atomic mass is 10.1. The van der Waals surface area contributed by atoms with Gasteiger partial charge >= 0.3 is 6.03 Å². The van der Waals surface area contributed by atoms with Crippen molar-refractivity contribution in [2.75, 3.05) is 32.6 Å². The summed E-state index contributed by atoms with van der Waals surface area (Å²) in [5.74, 6) is 0.488. The van der Waals surface area contributed by atoms with Crippen molar-refractivity contribution in [3.05, 3.63) is 65.2 Å². The number of hydrogen-bond donors (Lipinski definition) is 2. The number of halogens is 1. The van der Waals surface area contributed by atoms with Crippen LogP contribution in [0.5, 0.6) is 0 Å². The van der Waals surface area contributed by atoms with Crippen molar-refractivity contribution in [2.45, 2.75) is 20.5 Å². The SMILES string of the molecule is CN=C(NC(=O)Nc1c(C)cccc1C)N(C)CCOCc1ccccc1.Cl. The molecule has 0 saturated carbocycles. The van der Waals surface area contributed by atoms with E-state index in [0.717, 1.165) is 22.4 Å². The van der Waals surface area contributed by atoms with Gasteiger partial charge in [-0.25, -0.2) is 4.79 Å². The maximum Gasteiger partial charge on any atom is 0.326 e. The van der Waals surface area contributed by atoms with Gasteiger partial charge in [0.25, 0.3) is 0 Å². The predicted octanol–water partition coefficient (Wildman–Crippen LogP) is 3.98. The summed E-state index contributed by atoms with van der Waals surface area (Å²) >= 11 is 0. The van der Waals surface area contributed by atoms with E-state index in [2.05, 4.69) is 15.6 Å². The Balaban J connectivity index is 0.00000392. The first-order valence-corrected chi connectivity index (χ1v) is 8.95. The predicted molar refractivity (Wildman–Crippen MR) is 117 cm³/mol. The fraction of sp³-hybridized carbons (Fsp3) is 0.333. The molecular formula is C21H29ClN4O2. The highest BCUT2D eigenvalue weighted by Gasteiger charge is 2.12. The molecule has 0 aliphatic rings. The minimum atomic E-state index is -0.315.